The van der Waals surface area contributed by atoms with E-state index >= 15 is 0 Å². The van der Waals surface area contributed by atoms with Crippen LogP contribution in [-0.2, 0) is 60.7 Å². The SMILES string of the molecule is O=C1/C(=N/Nc2ccccc2S(=O)(=O)[O-])C(S(=O)(=O)[O-])=Cc2cc(S(=O)(=O)[O-])cc(N=c3nc(Nc4ccc(Nc5nc(Cl)[nH]c(=Nc6cc(S(=O)(=O)[O-])cc7c6C(=O)/C(=N/Nc6ccccc6S(=O)(=O)[O-])C(S(=O)(=O)[O-])=C7)n5)cc4)nc(Cl)[nH]3)c21.[Na+].[Na+].[Na+].[Na+].[Na+].[Na+]. The topological polar surface area (TPSA) is 558 Å². The first kappa shape index (κ1) is 83.3. The third-order valence-electron chi connectivity index (χ3n) is 11.3. The fraction of sp³-hybridized carbons (Fsp3) is 0. The summed E-state index contributed by atoms with van der Waals surface area (Å²) in [7, 11) is -32.6. The number of Topliss-reactive ketones (excluding diaryl/α,β-unsaturated/α-hetero) is 2. The van der Waals surface area contributed by atoms with Crippen LogP contribution in [0, 0.1) is 0 Å². The van der Waals surface area contributed by atoms with Crippen LogP contribution in [0.1, 0.15) is 31.8 Å². The number of para-hydroxylation sites is 2. The van der Waals surface area contributed by atoms with Crippen molar-refractivity contribution in [2.75, 3.05) is 21.5 Å². The van der Waals surface area contributed by atoms with Gasteiger partial charge in [0.2, 0.25) is 45.3 Å². The summed E-state index contributed by atoms with van der Waals surface area (Å²) in [6, 6.07) is 16.4. The van der Waals surface area contributed by atoms with E-state index in [1.165, 1.54) is 36.4 Å². The zero-order valence-corrected chi connectivity index (χ0v) is 65.8. The van der Waals surface area contributed by atoms with Crippen LogP contribution in [0.4, 0.5) is 46.0 Å². The second-order valence-electron chi connectivity index (χ2n) is 17.0. The standard InChI is InChI=1S/C44H30Cl2N14O20S6.6Na/c45-39-51-41(55-43(53-39)49-27-17-23(81(63,64)65)13-19-15-31(85(75,76)77)35(37(61)33(19)27)59-57-25-5-1-3-7-29(25)83(69,70)71)47-21-9-11-22(12-10-21)48-42-52-40(46)54-44(56-42)50-28-18-24(82(66,67)68)14-20-16-32(86(78,79)80)36(38(62)34(20)28)60-58-26-6-2-4-8-30(26)84(72,73)74;;;;;;/h1-18,57-58H,(H,63,64,65)(H,66,67,68)(H,69,70,71)(H,72,73,74)(H,75,76,77)(H,78,79,80)(H2,47,49,51,53,55)(H2,48,50,52,54,56);;;;;;/q;6*+1/p-6/b59-35+,60-36+;;;;;;. The van der Waals surface area contributed by atoms with Gasteiger partial charge in [-0.25, -0.2) is 60.5 Å². The molecule has 34 nitrogen and oxygen atoms in total. The van der Waals surface area contributed by atoms with Gasteiger partial charge in [0.15, 0.2) is 0 Å². The first-order valence-electron chi connectivity index (χ1n) is 22.5. The Balaban J connectivity index is 0.00000368. The van der Waals surface area contributed by atoms with E-state index in [1.54, 1.807) is 0 Å². The minimum Gasteiger partial charge on any atom is -0.744 e. The average molecular weight is 1470 g/mol. The molecule has 2 aliphatic rings. The van der Waals surface area contributed by atoms with Crippen LogP contribution in [0.5, 0.6) is 0 Å². The van der Waals surface area contributed by atoms with Crippen LogP contribution in [-0.4, -0.2) is 131 Å². The van der Waals surface area contributed by atoms with Gasteiger partial charge in [0.1, 0.15) is 72.1 Å². The number of benzene rings is 5. The van der Waals surface area contributed by atoms with Crippen molar-refractivity contribution < 1.29 is 265 Å². The molecule has 0 unspecified atom stereocenters. The fourth-order valence-corrected chi connectivity index (χ4v) is 11.7. The van der Waals surface area contributed by atoms with Crippen molar-refractivity contribution in [1.82, 2.24) is 29.9 Å². The monoisotopic (exact) mass is 1470 g/mol. The minimum absolute atomic E-state index is 0. The van der Waals surface area contributed by atoms with Gasteiger partial charge in [0.05, 0.1) is 63.3 Å². The van der Waals surface area contributed by atoms with E-state index in [4.69, 9.17) is 23.2 Å². The van der Waals surface area contributed by atoms with Crippen LogP contribution in [0.15, 0.2) is 147 Å². The first-order valence-corrected chi connectivity index (χ1v) is 31.7. The number of H-pyrrole nitrogens is 2. The van der Waals surface area contributed by atoms with Crippen LogP contribution in [0.25, 0.3) is 12.2 Å². The third kappa shape index (κ3) is 20.1. The van der Waals surface area contributed by atoms with Crippen molar-refractivity contribution in [3.8, 4) is 0 Å². The van der Waals surface area contributed by atoms with Crippen molar-refractivity contribution in [2.24, 2.45) is 20.2 Å². The van der Waals surface area contributed by atoms with Crippen molar-refractivity contribution in [3.05, 3.63) is 151 Å². The van der Waals surface area contributed by atoms with E-state index in [0.29, 0.717) is 36.4 Å². The summed E-state index contributed by atoms with van der Waals surface area (Å²) >= 11 is 12.5. The second kappa shape index (κ2) is 32.7. The maximum absolute atomic E-state index is 14.1. The van der Waals surface area contributed by atoms with Gasteiger partial charge in [-0.2, -0.15) is 30.1 Å². The number of rotatable bonds is 16. The summed E-state index contributed by atoms with van der Waals surface area (Å²) in [4.78, 5) is 50.9. The van der Waals surface area contributed by atoms with E-state index in [-0.39, 0.29) is 201 Å². The fourth-order valence-electron chi connectivity index (χ4n) is 7.76. The number of fused-ring (bicyclic) bond motifs is 2. The van der Waals surface area contributed by atoms with E-state index < -0.39 is 180 Å². The van der Waals surface area contributed by atoms with Gasteiger partial charge in [-0.3, -0.25) is 30.4 Å². The summed E-state index contributed by atoms with van der Waals surface area (Å²) in [5.41, 5.74) is -4.20. The van der Waals surface area contributed by atoms with Crippen LogP contribution >= 0.6 is 23.2 Å². The van der Waals surface area contributed by atoms with Gasteiger partial charge in [-0.1, -0.05) is 24.3 Å². The molecule has 6 N–H and O–H groups in total. The minimum atomic E-state index is -5.68. The number of anilines is 6. The van der Waals surface area contributed by atoms with Crippen molar-refractivity contribution >= 4 is 165 Å². The number of halogens is 2. The molecule has 0 atom stereocenters. The molecule has 0 spiro atoms. The predicted octanol–water partition coefficient (Wildman–Crippen LogP) is -16.1. The van der Waals surface area contributed by atoms with Gasteiger partial charge in [-0.05, 0) is 119 Å². The van der Waals surface area contributed by atoms with E-state index in [1.807, 2.05) is 0 Å². The number of nitrogens with one attached hydrogen (secondary N) is 6. The molecular weight excluding hydrogens is 1450 g/mol. The Morgan fingerprint density at radius 2 is 0.750 bits per heavy atom. The number of aromatic nitrogens is 6. The Hall–Kier alpha value is -2.88. The Bertz CT molecular complexity index is 4850. The van der Waals surface area contributed by atoms with Gasteiger partial charge in [0, 0.05) is 11.4 Å². The number of nitrogens with zero attached hydrogens (tertiary/aromatic N) is 8. The van der Waals surface area contributed by atoms with Gasteiger partial charge < -0.3 is 38.0 Å². The molecular formula is C44H24Cl2N14Na6O20S6. The van der Waals surface area contributed by atoms with E-state index in [0.717, 1.165) is 36.4 Å². The van der Waals surface area contributed by atoms with Crippen molar-refractivity contribution in [3.63, 3.8) is 0 Å². The molecule has 2 aromatic heterocycles. The average Bonchev–Trinajstić information content (AvgIpc) is 0.867. The molecule has 5 aromatic carbocycles. The maximum atomic E-state index is 14.1. The molecule has 0 amide bonds. The first-order chi connectivity index (χ1) is 40.0. The summed E-state index contributed by atoms with van der Waals surface area (Å²) in [6.07, 6.45) is 0.995. The van der Waals surface area contributed by atoms with Crippen LogP contribution in [0.3, 0.4) is 0 Å². The molecule has 48 heteroatoms. The van der Waals surface area contributed by atoms with Gasteiger partial charge in [-0.15, -0.1) is 0 Å². The molecule has 2 aliphatic carbocycles. The van der Waals surface area contributed by atoms with Crippen LogP contribution < -0.4 is 210 Å². The quantitative estimate of drug-likeness (QED) is 0.0297. The largest absolute Gasteiger partial charge is 1.00 e. The number of ketones is 2. The number of hydrogen-bond donors (Lipinski definition) is 6. The number of aromatic amines is 2. The number of carbonyl (C=O) groups is 2. The summed E-state index contributed by atoms with van der Waals surface area (Å²) < 4.78 is 220. The Morgan fingerprint density at radius 1 is 0.424 bits per heavy atom. The Morgan fingerprint density at radius 3 is 1.05 bits per heavy atom. The zero-order chi connectivity index (χ0) is 62.6. The molecule has 7 aromatic rings. The summed E-state index contributed by atoms with van der Waals surface area (Å²) in [5.74, 6) is -3.62. The Kier molecular flexibility index (Phi) is 29.6. The summed E-state index contributed by atoms with van der Waals surface area (Å²) in [6.45, 7) is 0. The van der Waals surface area contributed by atoms with Crippen molar-refractivity contribution in [1.29, 1.82) is 0 Å². The van der Waals surface area contributed by atoms with Gasteiger partial charge in [0.25, 0.3) is 0 Å². The molecule has 92 heavy (non-hydrogen) atoms. The maximum Gasteiger partial charge on any atom is 1.00 e. The molecule has 0 radical (unpaired) electrons. The number of carbonyl (C=O) groups excluding carboxylic acids is 2. The number of hydrogen-bond acceptors (Lipinski definition) is 32. The third-order valence-corrected chi connectivity index (χ3v) is 16.8. The van der Waals surface area contributed by atoms with Crippen molar-refractivity contribution in [2.45, 2.75) is 19.6 Å². The van der Waals surface area contributed by atoms with E-state index in [2.05, 4.69) is 71.6 Å². The van der Waals surface area contributed by atoms with Gasteiger partial charge >= 0.3 is 177 Å². The molecule has 0 fully saturated rings. The molecule has 0 bridgehead atoms. The Labute approximate surface area is 662 Å². The molecule has 9 rings (SSSR count). The summed E-state index contributed by atoms with van der Waals surface area (Å²) in [5, 5.41) is 11.9. The molecule has 0 saturated heterocycles. The molecule has 2 heterocycles. The molecule has 446 valence electrons. The van der Waals surface area contributed by atoms with E-state index in [9.17, 15) is 87.4 Å². The second-order valence-corrected chi connectivity index (χ2v) is 25.8. The van der Waals surface area contributed by atoms with Crippen LogP contribution in [0.2, 0.25) is 10.6 Å². The molecule has 0 saturated carbocycles. The zero-order valence-electron chi connectivity index (χ0n) is 47.3. The molecule has 0 aliphatic heterocycles. The smallest absolute Gasteiger partial charge is 0.744 e. The predicted molar refractivity (Wildman–Crippen MR) is 290 cm³/mol. The number of allylic oxidation sites excluding steroid dienone is 2. The normalized spacial score (nSPS) is 14.4. The number of hydrazone groups is 2.